The fraction of sp³-hybridized carbons (Fsp3) is 0.273. The average molecular weight is 251 g/mol. The monoisotopic (exact) mass is 251 g/mol. The summed E-state index contributed by atoms with van der Waals surface area (Å²) < 4.78 is 1.76. The van der Waals surface area contributed by atoms with Gasteiger partial charge in [0, 0.05) is 7.05 Å². The number of hydroxylamine groups is 2. The highest BCUT2D eigenvalue weighted by Gasteiger charge is 2.22. The zero-order chi connectivity index (χ0) is 12.6. The fourth-order valence-corrected chi connectivity index (χ4v) is 2.53. The van der Waals surface area contributed by atoms with Gasteiger partial charge >= 0.3 is 0 Å². The van der Waals surface area contributed by atoms with Crippen molar-refractivity contribution in [3.8, 4) is 0 Å². The summed E-state index contributed by atoms with van der Waals surface area (Å²) in [6, 6.07) is 0. The first-order chi connectivity index (χ1) is 8.06. The lowest BCUT2D eigenvalue weighted by Crippen LogP contribution is -2.27. The maximum Gasteiger partial charge on any atom is 0.295 e. The topological polar surface area (TPSA) is 46.8 Å². The standard InChI is InChI=1S/C11H13N3O2S/c1-7(2)10-9(11(15)13(3)16-4)14-6-12-5-8(14)17-10/h5-6H,1H2,2-4H3. The van der Waals surface area contributed by atoms with Crippen LogP contribution in [0.3, 0.4) is 0 Å². The van der Waals surface area contributed by atoms with Gasteiger partial charge in [-0.05, 0) is 12.5 Å². The summed E-state index contributed by atoms with van der Waals surface area (Å²) in [5.74, 6) is -0.213. The van der Waals surface area contributed by atoms with Gasteiger partial charge in [-0.15, -0.1) is 11.3 Å². The summed E-state index contributed by atoms with van der Waals surface area (Å²) in [5.41, 5.74) is 1.39. The van der Waals surface area contributed by atoms with Crippen LogP contribution < -0.4 is 0 Å². The van der Waals surface area contributed by atoms with Crippen LogP contribution in [0.1, 0.15) is 22.3 Å². The number of thiazole rings is 1. The summed E-state index contributed by atoms with van der Waals surface area (Å²) in [7, 11) is 3.03. The van der Waals surface area contributed by atoms with E-state index in [1.807, 2.05) is 6.92 Å². The van der Waals surface area contributed by atoms with Crippen molar-refractivity contribution in [2.75, 3.05) is 14.2 Å². The van der Waals surface area contributed by atoms with Gasteiger partial charge in [-0.3, -0.25) is 14.0 Å². The van der Waals surface area contributed by atoms with Gasteiger partial charge in [0.15, 0.2) is 0 Å². The van der Waals surface area contributed by atoms with E-state index in [1.165, 1.54) is 23.5 Å². The number of hydrogen-bond acceptors (Lipinski definition) is 4. The highest BCUT2D eigenvalue weighted by Crippen LogP contribution is 2.29. The van der Waals surface area contributed by atoms with Crippen LogP contribution >= 0.6 is 11.3 Å². The van der Waals surface area contributed by atoms with Gasteiger partial charge in [0.1, 0.15) is 16.9 Å². The van der Waals surface area contributed by atoms with Crippen molar-refractivity contribution in [2.45, 2.75) is 6.92 Å². The number of allylic oxidation sites excluding steroid dienone is 1. The minimum absolute atomic E-state index is 0.213. The Bertz CT molecular complexity index is 585. The third kappa shape index (κ3) is 1.85. The molecule has 2 heterocycles. The Balaban J connectivity index is 2.63. The predicted octanol–water partition coefficient (Wildman–Crippen LogP) is 2.06. The number of carbonyl (C=O) groups is 1. The van der Waals surface area contributed by atoms with E-state index in [0.717, 1.165) is 15.3 Å². The molecular formula is C11H13N3O2S. The van der Waals surface area contributed by atoms with Crippen LogP contribution in [0.25, 0.3) is 10.4 Å². The fourth-order valence-electron chi connectivity index (χ4n) is 1.51. The molecule has 0 spiro atoms. The van der Waals surface area contributed by atoms with Crippen molar-refractivity contribution >= 4 is 27.6 Å². The van der Waals surface area contributed by atoms with E-state index in [9.17, 15) is 4.79 Å². The molecule has 0 radical (unpaired) electrons. The molecule has 17 heavy (non-hydrogen) atoms. The van der Waals surface area contributed by atoms with Crippen molar-refractivity contribution in [1.82, 2.24) is 14.4 Å². The molecule has 0 atom stereocenters. The third-order valence-corrected chi connectivity index (χ3v) is 3.67. The Morgan fingerprint density at radius 3 is 2.94 bits per heavy atom. The van der Waals surface area contributed by atoms with E-state index in [0.29, 0.717) is 5.69 Å². The number of carbonyl (C=O) groups excluding carboxylic acids is 1. The second-order valence-corrected chi connectivity index (χ2v) is 4.68. The van der Waals surface area contributed by atoms with Gasteiger partial charge in [0.2, 0.25) is 0 Å². The van der Waals surface area contributed by atoms with E-state index in [-0.39, 0.29) is 5.91 Å². The molecule has 0 aliphatic carbocycles. The number of fused-ring (bicyclic) bond motifs is 1. The Kier molecular flexibility index (Phi) is 2.99. The summed E-state index contributed by atoms with van der Waals surface area (Å²) in [6.07, 6.45) is 3.34. The Labute approximate surface area is 103 Å². The lowest BCUT2D eigenvalue weighted by atomic mass is 10.2. The largest absolute Gasteiger partial charge is 0.295 e. The SMILES string of the molecule is C=C(C)c1sc2cncn2c1C(=O)N(C)OC. The molecule has 0 bridgehead atoms. The number of amides is 1. The third-order valence-electron chi connectivity index (χ3n) is 2.42. The molecule has 0 N–H and O–H groups in total. The molecule has 1 amide bonds. The minimum Gasteiger partial charge on any atom is -0.284 e. The molecule has 0 aliphatic rings. The lowest BCUT2D eigenvalue weighted by Gasteiger charge is -2.14. The predicted molar refractivity (Wildman–Crippen MR) is 66.9 cm³/mol. The molecule has 2 rings (SSSR count). The Hall–Kier alpha value is -1.66. The van der Waals surface area contributed by atoms with Crippen molar-refractivity contribution in [2.24, 2.45) is 0 Å². The zero-order valence-electron chi connectivity index (χ0n) is 9.93. The first-order valence-electron chi connectivity index (χ1n) is 4.99. The van der Waals surface area contributed by atoms with E-state index >= 15 is 0 Å². The Morgan fingerprint density at radius 2 is 2.35 bits per heavy atom. The van der Waals surface area contributed by atoms with Gasteiger partial charge in [-0.2, -0.15) is 0 Å². The van der Waals surface area contributed by atoms with E-state index in [2.05, 4.69) is 11.6 Å². The molecule has 0 unspecified atom stereocenters. The maximum atomic E-state index is 12.2. The van der Waals surface area contributed by atoms with E-state index in [4.69, 9.17) is 4.84 Å². The molecule has 0 aliphatic heterocycles. The first-order valence-corrected chi connectivity index (χ1v) is 5.80. The molecule has 90 valence electrons. The summed E-state index contributed by atoms with van der Waals surface area (Å²) >= 11 is 1.49. The van der Waals surface area contributed by atoms with Crippen LogP contribution in [0.2, 0.25) is 0 Å². The van der Waals surface area contributed by atoms with Gasteiger partial charge < -0.3 is 0 Å². The normalized spacial score (nSPS) is 10.8. The van der Waals surface area contributed by atoms with E-state index < -0.39 is 0 Å². The summed E-state index contributed by atoms with van der Waals surface area (Å²) in [5, 5.41) is 1.19. The summed E-state index contributed by atoms with van der Waals surface area (Å²) in [6.45, 7) is 5.77. The van der Waals surface area contributed by atoms with Crippen molar-refractivity contribution in [3.63, 3.8) is 0 Å². The van der Waals surface area contributed by atoms with Crippen LogP contribution in [0.5, 0.6) is 0 Å². The molecule has 6 heteroatoms. The van der Waals surface area contributed by atoms with Crippen molar-refractivity contribution in [3.05, 3.63) is 29.7 Å². The molecule has 2 aromatic heterocycles. The van der Waals surface area contributed by atoms with Gasteiger partial charge in [0.25, 0.3) is 5.91 Å². The average Bonchev–Trinajstić information content (AvgIpc) is 2.85. The summed E-state index contributed by atoms with van der Waals surface area (Å²) in [4.78, 5) is 22.9. The maximum absolute atomic E-state index is 12.2. The number of hydrogen-bond donors (Lipinski definition) is 0. The smallest absolute Gasteiger partial charge is 0.284 e. The molecule has 0 saturated heterocycles. The lowest BCUT2D eigenvalue weighted by molar-refractivity contribution is -0.0761. The number of aromatic nitrogens is 2. The number of rotatable bonds is 3. The van der Waals surface area contributed by atoms with Gasteiger partial charge in [-0.25, -0.2) is 10.0 Å². The molecule has 0 fully saturated rings. The molecule has 2 aromatic rings. The van der Waals surface area contributed by atoms with Crippen molar-refractivity contribution in [1.29, 1.82) is 0 Å². The van der Waals surface area contributed by atoms with Gasteiger partial charge in [0.05, 0.1) is 18.2 Å². The van der Waals surface area contributed by atoms with Crippen molar-refractivity contribution < 1.29 is 9.63 Å². The van der Waals surface area contributed by atoms with E-state index in [1.54, 1.807) is 24.0 Å². The van der Waals surface area contributed by atoms with Gasteiger partial charge in [-0.1, -0.05) is 6.58 Å². The van der Waals surface area contributed by atoms with Crippen LogP contribution in [-0.2, 0) is 4.84 Å². The zero-order valence-corrected chi connectivity index (χ0v) is 10.7. The van der Waals surface area contributed by atoms with Crippen LogP contribution in [0.15, 0.2) is 19.1 Å². The molecule has 5 nitrogen and oxygen atoms in total. The second kappa shape index (κ2) is 4.31. The van der Waals surface area contributed by atoms with Crippen LogP contribution in [0, 0.1) is 0 Å². The molecule has 0 aromatic carbocycles. The highest BCUT2D eigenvalue weighted by molar-refractivity contribution is 7.18. The Morgan fingerprint density at radius 1 is 1.65 bits per heavy atom. The van der Waals surface area contributed by atoms with Crippen LogP contribution in [-0.4, -0.2) is 34.5 Å². The number of nitrogens with zero attached hydrogens (tertiary/aromatic N) is 3. The first kappa shape index (κ1) is 11.8. The number of imidazole rings is 1. The minimum atomic E-state index is -0.213. The van der Waals surface area contributed by atoms with Crippen LogP contribution in [0.4, 0.5) is 0 Å². The quantitative estimate of drug-likeness (QED) is 0.784. The highest BCUT2D eigenvalue weighted by atomic mass is 32.1. The molecular weight excluding hydrogens is 238 g/mol. The second-order valence-electron chi connectivity index (χ2n) is 3.65. The molecule has 0 saturated carbocycles.